The monoisotopic (exact) mass is 567 g/mol. The molecule has 1 heterocycles. The average molecular weight is 568 g/mol. The van der Waals surface area contributed by atoms with Crippen LogP contribution in [0.2, 0.25) is 0 Å². The molecule has 2 N–H and O–H groups in total. The Labute approximate surface area is 246 Å². The normalized spacial score (nSPS) is 10.8. The number of benzene rings is 3. The molecule has 0 aliphatic carbocycles. The molecule has 9 heteroatoms. The zero-order valence-electron chi connectivity index (χ0n) is 24.5. The number of nitrogens with zero attached hydrogens (tertiary/aromatic N) is 3. The van der Waals surface area contributed by atoms with E-state index in [2.05, 4.69) is 22.4 Å². The molecule has 1 aromatic heterocycles. The first-order valence-corrected chi connectivity index (χ1v) is 13.9. The van der Waals surface area contributed by atoms with Crippen molar-refractivity contribution in [3.8, 4) is 17.6 Å². The van der Waals surface area contributed by atoms with E-state index < -0.39 is 0 Å². The molecule has 0 saturated carbocycles. The van der Waals surface area contributed by atoms with Crippen LogP contribution in [0.25, 0.3) is 10.9 Å². The fourth-order valence-corrected chi connectivity index (χ4v) is 4.84. The van der Waals surface area contributed by atoms with Crippen LogP contribution in [0.5, 0.6) is 11.5 Å². The zero-order chi connectivity index (χ0) is 30.1. The number of para-hydroxylation sites is 1. The first kappa shape index (κ1) is 30.0. The lowest BCUT2D eigenvalue weighted by Crippen LogP contribution is -2.46. The lowest BCUT2D eigenvalue weighted by Gasteiger charge is -2.29. The number of nitriles is 1. The number of ether oxygens (including phenoxy) is 2. The van der Waals surface area contributed by atoms with Crippen LogP contribution in [0.3, 0.4) is 0 Å². The van der Waals surface area contributed by atoms with Gasteiger partial charge in [-0.25, -0.2) is 4.79 Å². The van der Waals surface area contributed by atoms with Crippen molar-refractivity contribution >= 4 is 28.5 Å². The number of aromatic amines is 1. The number of carbonyl (C=O) groups is 2. The van der Waals surface area contributed by atoms with E-state index in [1.54, 1.807) is 48.3 Å². The summed E-state index contributed by atoms with van der Waals surface area (Å²) in [6.07, 6.45) is 2.63. The maximum Gasteiger partial charge on any atom is 0.322 e. The number of amides is 3. The summed E-state index contributed by atoms with van der Waals surface area (Å²) in [5.41, 5.74) is 4.11. The van der Waals surface area contributed by atoms with Gasteiger partial charge in [-0.3, -0.25) is 4.79 Å². The highest BCUT2D eigenvalue weighted by Crippen LogP contribution is 2.28. The van der Waals surface area contributed by atoms with Gasteiger partial charge in [0.25, 0.3) is 0 Å². The molecular weight excluding hydrogens is 530 g/mol. The van der Waals surface area contributed by atoms with Gasteiger partial charge in [0.15, 0.2) is 11.5 Å². The Morgan fingerprint density at radius 2 is 1.71 bits per heavy atom. The number of carbonyl (C=O) groups excluding carboxylic acids is 2. The van der Waals surface area contributed by atoms with Crippen molar-refractivity contribution in [3.63, 3.8) is 0 Å². The van der Waals surface area contributed by atoms with Crippen molar-refractivity contribution in [2.45, 2.75) is 26.8 Å². The molecule has 218 valence electrons. The zero-order valence-corrected chi connectivity index (χ0v) is 24.5. The summed E-state index contributed by atoms with van der Waals surface area (Å²) in [6.45, 7) is 5.13. The van der Waals surface area contributed by atoms with E-state index in [0.717, 1.165) is 22.0 Å². The lowest BCUT2D eigenvalue weighted by atomic mass is 10.1. The minimum Gasteiger partial charge on any atom is -0.493 e. The largest absolute Gasteiger partial charge is 0.493 e. The summed E-state index contributed by atoms with van der Waals surface area (Å²) >= 11 is 0. The standard InChI is InChI=1S/C33H37N5O4/c1-23(2)20-38(33(40)36-27-12-9-24(18-34)10-13-27)22-32(39)37(21-25-11-14-30(41-3)31(17-25)42-4)16-15-26-19-35-29-8-6-5-7-28(26)29/h5-14,17,19,23,35H,15-16,20-22H2,1-4H3,(H,36,40). The summed E-state index contributed by atoms with van der Waals surface area (Å²) in [4.78, 5) is 33.8. The molecule has 4 rings (SSSR count). The van der Waals surface area contributed by atoms with Crippen molar-refractivity contribution in [3.05, 3.63) is 89.6 Å². The number of anilines is 1. The Bertz CT molecular complexity index is 1550. The second-order valence-corrected chi connectivity index (χ2v) is 10.5. The van der Waals surface area contributed by atoms with E-state index in [-0.39, 0.29) is 24.4 Å². The van der Waals surface area contributed by atoms with Gasteiger partial charge in [0, 0.05) is 42.4 Å². The topological polar surface area (TPSA) is 111 Å². The quantitative estimate of drug-likeness (QED) is 0.224. The van der Waals surface area contributed by atoms with Crippen LogP contribution in [-0.2, 0) is 17.8 Å². The van der Waals surface area contributed by atoms with Crippen molar-refractivity contribution in [2.75, 3.05) is 39.2 Å². The van der Waals surface area contributed by atoms with Crippen molar-refractivity contribution in [2.24, 2.45) is 5.92 Å². The Balaban J connectivity index is 1.55. The van der Waals surface area contributed by atoms with E-state index in [0.29, 0.717) is 48.8 Å². The Morgan fingerprint density at radius 3 is 2.40 bits per heavy atom. The third-order valence-electron chi connectivity index (χ3n) is 6.96. The Kier molecular flexibility index (Phi) is 10.1. The van der Waals surface area contributed by atoms with Crippen LogP contribution >= 0.6 is 0 Å². The fraction of sp³-hybridized carbons (Fsp3) is 0.303. The number of urea groups is 1. The van der Waals surface area contributed by atoms with Gasteiger partial charge in [0.2, 0.25) is 5.91 Å². The summed E-state index contributed by atoms with van der Waals surface area (Å²) in [6, 6.07) is 22.0. The van der Waals surface area contributed by atoms with Crippen LogP contribution in [0.4, 0.5) is 10.5 Å². The Hall–Kier alpha value is -4.97. The number of nitrogens with one attached hydrogen (secondary N) is 2. The first-order valence-electron chi connectivity index (χ1n) is 13.9. The number of fused-ring (bicyclic) bond motifs is 1. The summed E-state index contributed by atoms with van der Waals surface area (Å²) in [5, 5.41) is 13.1. The SMILES string of the molecule is COc1ccc(CN(CCc2c[nH]c3ccccc23)C(=O)CN(CC(C)C)C(=O)Nc2ccc(C#N)cc2)cc1OC. The van der Waals surface area contributed by atoms with Crippen molar-refractivity contribution in [1.82, 2.24) is 14.8 Å². The Morgan fingerprint density at radius 1 is 0.976 bits per heavy atom. The van der Waals surface area contributed by atoms with Gasteiger partial charge in [0.1, 0.15) is 6.54 Å². The maximum atomic E-state index is 13.9. The van der Waals surface area contributed by atoms with E-state index in [9.17, 15) is 9.59 Å². The highest BCUT2D eigenvalue weighted by Gasteiger charge is 2.23. The molecule has 3 amide bonds. The van der Waals surface area contributed by atoms with Gasteiger partial charge in [-0.05, 0) is 65.9 Å². The molecule has 0 spiro atoms. The van der Waals surface area contributed by atoms with Crippen LogP contribution in [-0.4, -0.2) is 60.6 Å². The third-order valence-corrected chi connectivity index (χ3v) is 6.96. The molecule has 0 radical (unpaired) electrons. The van der Waals surface area contributed by atoms with E-state index in [4.69, 9.17) is 14.7 Å². The first-order chi connectivity index (χ1) is 20.3. The number of methoxy groups -OCH3 is 2. The second-order valence-electron chi connectivity index (χ2n) is 10.5. The molecular formula is C33H37N5O4. The number of hydrogen-bond donors (Lipinski definition) is 2. The minimum absolute atomic E-state index is 0.0819. The second kappa shape index (κ2) is 14.1. The minimum atomic E-state index is -0.371. The molecule has 0 bridgehead atoms. The highest BCUT2D eigenvalue weighted by molar-refractivity contribution is 5.92. The van der Waals surface area contributed by atoms with E-state index >= 15 is 0 Å². The molecule has 0 atom stereocenters. The number of hydrogen-bond acceptors (Lipinski definition) is 5. The van der Waals surface area contributed by atoms with Gasteiger partial charge in [-0.2, -0.15) is 5.26 Å². The van der Waals surface area contributed by atoms with E-state index in [1.807, 2.05) is 56.4 Å². The fourth-order valence-electron chi connectivity index (χ4n) is 4.84. The summed E-state index contributed by atoms with van der Waals surface area (Å²) < 4.78 is 10.9. The lowest BCUT2D eigenvalue weighted by molar-refractivity contribution is -0.132. The third kappa shape index (κ3) is 7.61. The average Bonchev–Trinajstić information content (AvgIpc) is 3.41. The summed E-state index contributed by atoms with van der Waals surface area (Å²) in [7, 11) is 3.17. The van der Waals surface area contributed by atoms with Gasteiger partial charge in [-0.15, -0.1) is 0 Å². The molecule has 42 heavy (non-hydrogen) atoms. The van der Waals surface area contributed by atoms with Crippen LogP contribution in [0.1, 0.15) is 30.5 Å². The maximum absolute atomic E-state index is 13.9. The molecule has 9 nitrogen and oxygen atoms in total. The smallest absolute Gasteiger partial charge is 0.322 e. The predicted molar refractivity (Wildman–Crippen MR) is 164 cm³/mol. The van der Waals surface area contributed by atoms with Crippen molar-refractivity contribution < 1.29 is 19.1 Å². The van der Waals surface area contributed by atoms with Gasteiger partial charge >= 0.3 is 6.03 Å². The van der Waals surface area contributed by atoms with Crippen LogP contribution < -0.4 is 14.8 Å². The molecule has 0 aliphatic rings. The number of aromatic nitrogens is 1. The number of H-pyrrole nitrogens is 1. The van der Waals surface area contributed by atoms with Gasteiger partial charge < -0.3 is 29.6 Å². The van der Waals surface area contributed by atoms with E-state index in [1.165, 1.54) is 0 Å². The van der Waals surface area contributed by atoms with Crippen LogP contribution in [0.15, 0.2) is 72.9 Å². The van der Waals surface area contributed by atoms with Crippen molar-refractivity contribution in [1.29, 1.82) is 5.26 Å². The predicted octanol–water partition coefficient (Wildman–Crippen LogP) is 5.82. The summed E-state index contributed by atoms with van der Waals surface area (Å²) in [5.74, 6) is 1.18. The molecule has 0 fully saturated rings. The highest BCUT2D eigenvalue weighted by atomic mass is 16.5. The molecule has 4 aromatic rings. The molecule has 3 aromatic carbocycles. The molecule has 0 saturated heterocycles. The molecule has 0 aliphatic heterocycles. The molecule has 0 unspecified atom stereocenters. The van der Waals surface area contributed by atoms with Crippen LogP contribution in [0, 0.1) is 17.2 Å². The van der Waals surface area contributed by atoms with Gasteiger partial charge in [0.05, 0.1) is 25.9 Å². The number of rotatable bonds is 12. The van der Waals surface area contributed by atoms with Gasteiger partial charge in [-0.1, -0.05) is 38.1 Å².